The summed E-state index contributed by atoms with van der Waals surface area (Å²) in [6.45, 7) is 0.612. The second-order valence-electron chi connectivity index (χ2n) is 3.55. The maximum atomic E-state index is 11.8. The first-order valence-electron chi connectivity index (χ1n) is 5.22. The van der Waals surface area contributed by atoms with Crippen molar-refractivity contribution in [2.75, 3.05) is 11.6 Å². The van der Waals surface area contributed by atoms with Crippen LogP contribution in [0.1, 0.15) is 6.42 Å². The van der Waals surface area contributed by atoms with Gasteiger partial charge in [0.05, 0.1) is 5.69 Å². The molecule has 1 aliphatic heterocycles. The summed E-state index contributed by atoms with van der Waals surface area (Å²) in [4.78, 5) is 16.7. The van der Waals surface area contributed by atoms with Crippen LogP contribution in [0.25, 0.3) is 0 Å². The largest absolute Gasteiger partial charge is 0.272 e. The summed E-state index contributed by atoms with van der Waals surface area (Å²) in [5.41, 5.74) is 0.923. The summed E-state index contributed by atoms with van der Waals surface area (Å²) >= 11 is 10.2. The molecular weight excluding hydrogens is 468 g/mol. The van der Waals surface area contributed by atoms with Crippen LogP contribution in [0.2, 0.25) is 0 Å². The molecule has 1 aliphatic rings. The average Bonchev–Trinajstić information content (AvgIpc) is 2.71. The zero-order valence-corrected chi connectivity index (χ0v) is 15.0. The second-order valence-corrected chi connectivity index (χ2v) is 10.7. The number of benzene rings is 1. The molecule has 0 saturated carbocycles. The summed E-state index contributed by atoms with van der Waals surface area (Å²) in [6.07, 6.45) is 0.438. The normalized spacial score (nSPS) is 16.3. The second kappa shape index (κ2) is 6.77. The van der Waals surface area contributed by atoms with Crippen molar-refractivity contribution < 1.29 is 14.0 Å². The minimum atomic E-state index is -0.972. The fourth-order valence-corrected chi connectivity index (χ4v) is 2.60. The number of hydrogen-bond donors (Lipinski definition) is 0. The molecule has 0 bridgehead atoms. The Morgan fingerprint density at radius 1 is 1.21 bits per heavy atom. The van der Waals surface area contributed by atoms with Crippen LogP contribution >= 0.6 is 60.0 Å². The SMILES string of the molecule is O=C1CCN(c2ccccc2)N1SOOC(Br)(Br)Br. The van der Waals surface area contributed by atoms with Crippen molar-refractivity contribution in [3.8, 4) is 0 Å². The summed E-state index contributed by atoms with van der Waals surface area (Å²) in [7, 11) is 0. The van der Waals surface area contributed by atoms with Gasteiger partial charge in [-0.25, -0.2) is 0 Å². The number of hydrazine groups is 1. The Labute approximate surface area is 140 Å². The minimum absolute atomic E-state index is 0.0400. The van der Waals surface area contributed by atoms with E-state index in [-0.39, 0.29) is 5.91 Å². The number of carbonyl (C=O) groups excluding carboxylic acids is 1. The third-order valence-corrected chi connectivity index (χ3v) is 3.32. The predicted molar refractivity (Wildman–Crippen MR) is 84.5 cm³/mol. The number of rotatable bonds is 4. The molecule has 104 valence electrons. The zero-order chi connectivity index (χ0) is 13.9. The highest BCUT2D eigenvalue weighted by atomic mass is 80.0. The first-order chi connectivity index (χ1) is 8.97. The molecule has 5 nitrogen and oxygen atoms in total. The van der Waals surface area contributed by atoms with Gasteiger partial charge in [0.15, 0.2) is 12.2 Å². The topological polar surface area (TPSA) is 42.0 Å². The molecule has 0 atom stereocenters. The lowest BCUT2D eigenvalue weighted by Gasteiger charge is -2.26. The van der Waals surface area contributed by atoms with Gasteiger partial charge in [-0.05, 0) is 59.9 Å². The first-order valence-corrected chi connectivity index (χ1v) is 8.30. The summed E-state index contributed by atoms with van der Waals surface area (Å²) in [5.74, 6) is -0.0400. The van der Waals surface area contributed by atoms with Gasteiger partial charge >= 0.3 is 0 Å². The van der Waals surface area contributed by atoms with Gasteiger partial charge in [-0.1, -0.05) is 18.2 Å². The van der Waals surface area contributed by atoms with Gasteiger partial charge in [-0.2, -0.15) is 9.30 Å². The van der Waals surface area contributed by atoms with E-state index in [0.717, 1.165) is 17.9 Å². The highest BCUT2D eigenvalue weighted by Gasteiger charge is 2.32. The van der Waals surface area contributed by atoms with Gasteiger partial charge in [0.25, 0.3) is 8.24 Å². The smallest absolute Gasteiger partial charge is 0.266 e. The Kier molecular flexibility index (Phi) is 5.55. The van der Waals surface area contributed by atoms with E-state index >= 15 is 0 Å². The molecule has 0 unspecified atom stereocenters. The van der Waals surface area contributed by atoms with Crippen molar-refractivity contribution >= 4 is 71.6 Å². The Hall–Kier alpha value is 0.200. The molecular formula is C10H9Br3N2O3S. The number of nitrogens with zero attached hydrogens (tertiary/aromatic N) is 2. The quantitative estimate of drug-likeness (QED) is 0.216. The lowest BCUT2D eigenvalue weighted by molar-refractivity contribution is -0.187. The maximum absolute atomic E-state index is 11.8. The number of alkyl halides is 3. The van der Waals surface area contributed by atoms with Crippen LogP contribution in [-0.2, 0) is 14.0 Å². The molecule has 0 N–H and O–H groups in total. The number of hydrogen-bond acceptors (Lipinski definition) is 5. The highest BCUT2D eigenvalue weighted by molar-refractivity contribution is 9.39. The number of para-hydroxylation sites is 1. The van der Waals surface area contributed by atoms with E-state index in [0.29, 0.717) is 13.0 Å². The Morgan fingerprint density at radius 3 is 2.53 bits per heavy atom. The van der Waals surface area contributed by atoms with E-state index in [1.807, 2.05) is 35.3 Å². The molecule has 0 spiro atoms. The fourth-order valence-electron chi connectivity index (χ4n) is 1.52. The van der Waals surface area contributed by atoms with E-state index in [4.69, 9.17) is 9.22 Å². The van der Waals surface area contributed by atoms with Crippen LogP contribution < -0.4 is 5.01 Å². The molecule has 1 heterocycles. The molecule has 1 aromatic rings. The number of halogens is 3. The number of anilines is 1. The summed E-state index contributed by atoms with van der Waals surface area (Å²) < 4.78 is 5.40. The van der Waals surface area contributed by atoms with Gasteiger partial charge in [-0.15, -0.1) is 4.33 Å². The third kappa shape index (κ3) is 4.61. The Bertz CT molecular complexity index is 443. The van der Waals surface area contributed by atoms with Crippen LogP contribution in [0.5, 0.6) is 0 Å². The van der Waals surface area contributed by atoms with Crippen molar-refractivity contribution in [2.24, 2.45) is 0 Å². The van der Waals surface area contributed by atoms with E-state index in [1.165, 1.54) is 4.41 Å². The van der Waals surface area contributed by atoms with Crippen LogP contribution in [0.4, 0.5) is 5.69 Å². The van der Waals surface area contributed by atoms with Crippen molar-refractivity contribution in [1.29, 1.82) is 0 Å². The van der Waals surface area contributed by atoms with Crippen molar-refractivity contribution in [3.05, 3.63) is 30.3 Å². The molecule has 9 heteroatoms. The molecule has 1 amide bonds. The Balaban J connectivity index is 1.98. The molecule has 0 aliphatic carbocycles. The van der Waals surface area contributed by atoms with Gasteiger partial charge in [-0.3, -0.25) is 9.80 Å². The summed E-state index contributed by atoms with van der Waals surface area (Å²) in [5, 5.41) is 1.83. The van der Waals surface area contributed by atoms with Crippen molar-refractivity contribution in [1.82, 2.24) is 4.41 Å². The molecule has 0 aromatic heterocycles. The van der Waals surface area contributed by atoms with Gasteiger partial charge in [0, 0.05) is 13.0 Å². The van der Waals surface area contributed by atoms with Gasteiger partial charge < -0.3 is 0 Å². The summed E-state index contributed by atoms with van der Waals surface area (Å²) in [6, 6.07) is 9.61. The van der Waals surface area contributed by atoms with E-state index in [1.54, 1.807) is 0 Å². The van der Waals surface area contributed by atoms with Crippen LogP contribution in [-0.4, -0.2) is 19.2 Å². The van der Waals surface area contributed by atoms with Crippen LogP contribution in [0, 0.1) is 0 Å². The fraction of sp³-hybridized carbons (Fsp3) is 0.300. The van der Waals surface area contributed by atoms with Gasteiger partial charge in [0.1, 0.15) is 0 Å². The maximum Gasteiger partial charge on any atom is 0.266 e. The van der Waals surface area contributed by atoms with Crippen molar-refractivity contribution in [3.63, 3.8) is 0 Å². The monoisotopic (exact) mass is 474 g/mol. The van der Waals surface area contributed by atoms with Crippen LogP contribution in [0.3, 0.4) is 0 Å². The lowest BCUT2D eigenvalue weighted by Crippen LogP contribution is -2.33. The average molecular weight is 477 g/mol. The third-order valence-electron chi connectivity index (χ3n) is 2.25. The highest BCUT2D eigenvalue weighted by Crippen LogP contribution is 2.37. The lowest BCUT2D eigenvalue weighted by atomic mass is 10.3. The molecule has 1 fully saturated rings. The molecule has 19 heavy (non-hydrogen) atoms. The number of amides is 1. The van der Waals surface area contributed by atoms with Gasteiger partial charge in [0.2, 0.25) is 0 Å². The van der Waals surface area contributed by atoms with E-state index in [2.05, 4.69) is 47.8 Å². The first kappa shape index (κ1) is 15.6. The van der Waals surface area contributed by atoms with Crippen LogP contribution in [0.15, 0.2) is 30.3 Å². The molecule has 0 radical (unpaired) electrons. The predicted octanol–water partition coefficient (Wildman–Crippen LogP) is 3.95. The zero-order valence-electron chi connectivity index (χ0n) is 9.46. The molecule has 1 saturated heterocycles. The number of carbonyl (C=O) groups is 1. The molecule has 1 aromatic carbocycles. The standard InChI is InChI=1S/C10H9Br3N2O3S/c11-10(12,13)17-18-19-15-9(16)6-7-14(15)8-4-2-1-3-5-8/h1-5H,6-7H2. The minimum Gasteiger partial charge on any atom is -0.272 e. The van der Waals surface area contributed by atoms with E-state index < -0.39 is 2.33 Å². The van der Waals surface area contributed by atoms with Crippen molar-refractivity contribution in [2.45, 2.75) is 8.75 Å². The molecule has 2 rings (SSSR count). The Morgan fingerprint density at radius 2 is 1.89 bits per heavy atom. The van der Waals surface area contributed by atoms with E-state index in [9.17, 15) is 4.79 Å².